The van der Waals surface area contributed by atoms with Gasteiger partial charge in [0.2, 0.25) is 0 Å². The van der Waals surface area contributed by atoms with Crippen LogP contribution < -0.4 is 16.6 Å². The van der Waals surface area contributed by atoms with E-state index in [2.05, 4.69) is 15.3 Å². The van der Waals surface area contributed by atoms with Gasteiger partial charge in [0, 0.05) is 62.5 Å². The van der Waals surface area contributed by atoms with E-state index in [-0.39, 0.29) is 48.7 Å². The number of rotatable bonds is 6. The Bertz CT molecular complexity index is 853. The number of hydrogen-bond acceptors (Lipinski definition) is 5. The SMILES string of the molecule is CC(C)Cn1nc(-c2ccc(CN)c(F)c2)cc(CN2CCNCC2)c1=O.Cl.Cl. The van der Waals surface area contributed by atoms with Crippen LogP contribution in [0, 0.1) is 11.7 Å². The first-order valence-electron chi connectivity index (χ1n) is 9.51. The standard InChI is InChI=1S/C20H28FN5O.2ClH/c1-14(2)12-26-20(27)17(13-25-7-5-23-6-8-25)10-19(24-26)15-3-4-16(11-22)18(21)9-15;;/h3-4,9-10,14,23H,5-8,11-13,22H2,1-2H3;2*1H. The molecule has 2 aromatic rings. The van der Waals surface area contributed by atoms with E-state index in [1.54, 1.807) is 12.1 Å². The van der Waals surface area contributed by atoms with Gasteiger partial charge in [0.05, 0.1) is 5.69 Å². The molecule has 1 fully saturated rings. The van der Waals surface area contributed by atoms with Crippen molar-refractivity contribution in [1.82, 2.24) is 20.0 Å². The molecule has 0 unspecified atom stereocenters. The molecule has 1 saturated heterocycles. The molecule has 0 atom stereocenters. The highest BCUT2D eigenvalue weighted by Gasteiger charge is 2.16. The topological polar surface area (TPSA) is 76.2 Å². The highest BCUT2D eigenvalue weighted by molar-refractivity contribution is 5.85. The molecule has 0 radical (unpaired) electrons. The van der Waals surface area contributed by atoms with Crippen molar-refractivity contribution in [3.8, 4) is 11.3 Å². The van der Waals surface area contributed by atoms with Crippen LogP contribution in [0.2, 0.25) is 0 Å². The van der Waals surface area contributed by atoms with E-state index in [4.69, 9.17) is 5.73 Å². The number of hydrogen-bond donors (Lipinski definition) is 2. The first kappa shape index (κ1) is 25.5. The van der Waals surface area contributed by atoms with Crippen LogP contribution in [0.5, 0.6) is 0 Å². The Morgan fingerprint density at radius 3 is 2.45 bits per heavy atom. The Labute approximate surface area is 183 Å². The number of piperazine rings is 1. The van der Waals surface area contributed by atoms with Crippen LogP contribution in [0.4, 0.5) is 4.39 Å². The zero-order valence-electron chi connectivity index (χ0n) is 16.9. The van der Waals surface area contributed by atoms with Gasteiger partial charge < -0.3 is 11.1 Å². The number of nitrogens with zero attached hydrogens (tertiary/aromatic N) is 3. The minimum Gasteiger partial charge on any atom is -0.326 e. The molecule has 9 heteroatoms. The predicted molar refractivity (Wildman–Crippen MR) is 119 cm³/mol. The molecule has 3 N–H and O–H groups in total. The van der Waals surface area contributed by atoms with Crippen LogP contribution >= 0.6 is 24.8 Å². The molecule has 1 aromatic carbocycles. The molecule has 3 rings (SSSR count). The van der Waals surface area contributed by atoms with Gasteiger partial charge in [-0.05, 0) is 18.1 Å². The van der Waals surface area contributed by atoms with Crippen molar-refractivity contribution < 1.29 is 4.39 Å². The summed E-state index contributed by atoms with van der Waals surface area (Å²) in [5.41, 5.74) is 7.93. The van der Waals surface area contributed by atoms with E-state index in [1.165, 1.54) is 10.7 Å². The summed E-state index contributed by atoms with van der Waals surface area (Å²) < 4.78 is 15.7. The average Bonchev–Trinajstić information content (AvgIpc) is 2.65. The van der Waals surface area contributed by atoms with Crippen molar-refractivity contribution in [2.75, 3.05) is 26.2 Å². The van der Waals surface area contributed by atoms with Gasteiger partial charge in [-0.2, -0.15) is 5.10 Å². The maximum Gasteiger partial charge on any atom is 0.271 e. The van der Waals surface area contributed by atoms with Crippen LogP contribution in [-0.2, 0) is 19.6 Å². The Kier molecular flexibility index (Phi) is 10.2. The van der Waals surface area contributed by atoms with Gasteiger partial charge in [-0.25, -0.2) is 9.07 Å². The van der Waals surface area contributed by atoms with Crippen molar-refractivity contribution in [3.63, 3.8) is 0 Å². The lowest BCUT2D eigenvalue weighted by molar-refractivity contribution is 0.231. The fourth-order valence-electron chi connectivity index (χ4n) is 3.30. The average molecular weight is 446 g/mol. The second-order valence-corrected chi connectivity index (χ2v) is 7.47. The summed E-state index contributed by atoms with van der Waals surface area (Å²) in [6.45, 7) is 9.01. The summed E-state index contributed by atoms with van der Waals surface area (Å²) in [6, 6.07) is 6.74. The lowest BCUT2D eigenvalue weighted by Crippen LogP contribution is -2.44. The predicted octanol–water partition coefficient (Wildman–Crippen LogP) is 2.41. The Morgan fingerprint density at radius 1 is 1.17 bits per heavy atom. The zero-order chi connectivity index (χ0) is 19.4. The molecule has 2 heterocycles. The number of benzene rings is 1. The van der Waals surface area contributed by atoms with Gasteiger partial charge >= 0.3 is 0 Å². The molecule has 162 valence electrons. The van der Waals surface area contributed by atoms with Crippen molar-refractivity contribution in [2.24, 2.45) is 11.7 Å². The molecule has 0 aliphatic carbocycles. The van der Waals surface area contributed by atoms with Gasteiger partial charge in [0.1, 0.15) is 5.82 Å². The Hall–Kier alpha value is -1.51. The third-order valence-corrected chi connectivity index (χ3v) is 4.76. The van der Waals surface area contributed by atoms with E-state index in [0.29, 0.717) is 35.5 Å². The van der Waals surface area contributed by atoms with E-state index in [0.717, 1.165) is 26.2 Å². The van der Waals surface area contributed by atoms with E-state index >= 15 is 0 Å². The largest absolute Gasteiger partial charge is 0.326 e. The molecule has 6 nitrogen and oxygen atoms in total. The van der Waals surface area contributed by atoms with E-state index in [1.807, 2.05) is 19.9 Å². The van der Waals surface area contributed by atoms with Crippen molar-refractivity contribution >= 4 is 24.8 Å². The van der Waals surface area contributed by atoms with Gasteiger partial charge in [-0.1, -0.05) is 26.0 Å². The molecule has 0 saturated carbocycles. The van der Waals surface area contributed by atoms with Gasteiger partial charge in [0.25, 0.3) is 5.56 Å². The van der Waals surface area contributed by atoms with Crippen LogP contribution in [0.1, 0.15) is 25.0 Å². The minimum absolute atomic E-state index is 0. The summed E-state index contributed by atoms with van der Waals surface area (Å²) >= 11 is 0. The first-order chi connectivity index (χ1) is 13.0. The van der Waals surface area contributed by atoms with Crippen LogP contribution in [0.15, 0.2) is 29.1 Å². The normalized spacial score (nSPS) is 14.4. The highest BCUT2D eigenvalue weighted by atomic mass is 35.5. The molecule has 0 bridgehead atoms. The van der Waals surface area contributed by atoms with E-state index < -0.39 is 0 Å². The zero-order valence-corrected chi connectivity index (χ0v) is 18.5. The lowest BCUT2D eigenvalue weighted by Gasteiger charge is -2.27. The minimum atomic E-state index is -0.345. The first-order valence-corrected chi connectivity index (χ1v) is 9.51. The number of nitrogens with two attached hydrogens (primary N) is 1. The second kappa shape index (κ2) is 11.6. The van der Waals surface area contributed by atoms with Gasteiger partial charge in [-0.3, -0.25) is 9.69 Å². The Balaban J connectivity index is 0.00000210. The molecule has 1 aliphatic rings. The lowest BCUT2D eigenvalue weighted by atomic mass is 10.1. The quantitative estimate of drug-likeness (QED) is 0.713. The molecular formula is C20H30Cl2FN5O. The Morgan fingerprint density at radius 2 is 1.86 bits per heavy atom. The van der Waals surface area contributed by atoms with Crippen molar-refractivity contribution in [1.29, 1.82) is 0 Å². The van der Waals surface area contributed by atoms with Gasteiger partial charge in [-0.15, -0.1) is 24.8 Å². The summed E-state index contributed by atoms with van der Waals surface area (Å²) in [5, 5.41) is 7.83. The summed E-state index contributed by atoms with van der Waals surface area (Å²) in [7, 11) is 0. The highest BCUT2D eigenvalue weighted by Crippen LogP contribution is 2.21. The second-order valence-electron chi connectivity index (χ2n) is 7.47. The van der Waals surface area contributed by atoms with Crippen LogP contribution in [0.25, 0.3) is 11.3 Å². The van der Waals surface area contributed by atoms with Crippen LogP contribution in [-0.4, -0.2) is 40.9 Å². The van der Waals surface area contributed by atoms with Crippen molar-refractivity contribution in [2.45, 2.75) is 33.5 Å². The summed E-state index contributed by atoms with van der Waals surface area (Å²) in [5.74, 6) is -0.0593. The van der Waals surface area contributed by atoms with Crippen LogP contribution in [0.3, 0.4) is 0 Å². The van der Waals surface area contributed by atoms with Crippen molar-refractivity contribution in [3.05, 3.63) is 51.6 Å². The molecule has 0 spiro atoms. The monoisotopic (exact) mass is 445 g/mol. The maximum absolute atomic E-state index is 14.2. The summed E-state index contributed by atoms with van der Waals surface area (Å²) in [6.07, 6.45) is 0. The fraction of sp³-hybridized carbons (Fsp3) is 0.500. The number of aromatic nitrogens is 2. The fourth-order valence-corrected chi connectivity index (χ4v) is 3.30. The third kappa shape index (κ3) is 6.49. The number of nitrogens with one attached hydrogen (secondary N) is 1. The molecule has 1 aromatic heterocycles. The summed E-state index contributed by atoms with van der Waals surface area (Å²) in [4.78, 5) is 15.2. The van der Waals surface area contributed by atoms with E-state index in [9.17, 15) is 9.18 Å². The molecular weight excluding hydrogens is 416 g/mol. The molecule has 29 heavy (non-hydrogen) atoms. The van der Waals surface area contributed by atoms with Gasteiger partial charge in [0.15, 0.2) is 0 Å². The molecule has 0 amide bonds. The number of halogens is 3. The maximum atomic E-state index is 14.2. The molecule has 1 aliphatic heterocycles. The third-order valence-electron chi connectivity index (χ3n) is 4.76. The smallest absolute Gasteiger partial charge is 0.271 e.